The van der Waals surface area contributed by atoms with Crippen molar-refractivity contribution < 1.29 is 33.4 Å². The van der Waals surface area contributed by atoms with E-state index in [1.807, 2.05) is 74.5 Å². The number of amides is 4. The number of Topliss-reactive ketones (excluding diaryl/α,β-unsaturated/α-hetero) is 1. The third kappa shape index (κ3) is 16.1. The number of carbonyl (C=O) groups is 5. The number of benzene rings is 2. The van der Waals surface area contributed by atoms with Gasteiger partial charge in [-0.3, -0.25) is 24.0 Å². The lowest BCUT2D eigenvalue weighted by molar-refractivity contribution is -0.135. The zero-order chi connectivity index (χ0) is 39.5. The molecule has 0 bridgehead atoms. The van der Waals surface area contributed by atoms with E-state index in [1.165, 1.54) is 0 Å². The Kier molecular flexibility index (Phi) is 18.8. The van der Waals surface area contributed by atoms with Crippen LogP contribution in [0.15, 0.2) is 60.7 Å². The molecular formula is C42H63N5O7. The normalized spacial score (nSPS) is 17.3. The molecule has 3 rings (SSSR count). The van der Waals surface area contributed by atoms with Crippen molar-refractivity contribution in [1.29, 1.82) is 0 Å². The van der Waals surface area contributed by atoms with Crippen LogP contribution in [-0.2, 0) is 46.3 Å². The summed E-state index contributed by atoms with van der Waals surface area (Å²) in [5, 5.41) is 11.7. The third-order valence-corrected chi connectivity index (χ3v) is 9.44. The highest BCUT2D eigenvalue weighted by Gasteiger charge is 2.50. The highest BCUT2D eigenvalue weighted by molar-refractivity contribution is 5.98. The molecule has 1 heterocycles. The minimum atomic E-state index is -1.03. The first-order valence-electron chi connectivity index (χ1n) is 19.6. The number of hydrogen-bond donors (Lipinski definition) is 5. The van der Waals surface area contributed by atoms with Crippen molar-refractivity contribution >= 4 is 29.4 Å². The van der Waals surface area contributed by atoms with Gasteiger partial charge in [-0.2, -0.15) is 0 Å². The predicted molar refractivity (Wildman–Crippen MR) is 209 cm³/mol. The minimum Gasteiger partial charge on any atom is -0.380 e. The Morgan fingerprint density at radius 3 is 1.87 bits per heavy atom. The molecule has 2 aromatic carbocycles. The van der Waals surface area contributed by atoms with Crippen molar-refractivity contribution in [3.63, 3.8) is 0 Å². The maximum Gasteiger partial charge on any atom is 0.243 e. The van der Waals surface area contributed by atoms with Gasteiger partial charge in [-0.15, -0.1) is 0 Å². The molecule has 0 unspecified atom stereocenters. The summed E-state index contributed by atoms with van der Waals surface area (Å²) in [6.45, 7) is 11.4. The minimum absolute atomic E-state index is 0.0126. The molecule has 54 heavy (non-hydrogen) atoms. The molecule has 0 spiro atoms. The van der Waals surface area contributed by atoms with Crippen molar-refractivity contribution in [3.8, 4) is 0 Å². The van der Waals surface area contributed by atoms with E-state index >= 15 is 0 Å². The van der Waals surface area contributed by atoms with Gasteiger partial charge in [0.05, 0.1) is 19.3 Å². The second kappa shape index (κ2) is 22.9. The van der Waals surface area contributed by atoms with Crippen LogP contribution in [0.2, 0.25) is 0 Å². The Hall–Kier alpha value is -4.13. The molecule has 1 fully saturated rings. The van der Waals surface area contributed by atoms with Crippen LogP contribution in [0.3, 0.4) is 0 Å². The van der Waals surface area contributed by atoms with Crippen molar-refractivity contribution in [2.45, 2.75) is 122 Å². The van der Waals surface area contributed by atoms with Crippen LogP contribution in [0, 0.1) is 11.8 Å². The van der Waals surface area contributed by atoms with E-state index in [-0.39, 0.29) is 30.4 Å². The van der Waals surface area contributed by atoms with Gasteiger partial charge in [0.25, 0.3) is 0 Å². The maximum absolute atomic E-state index is 14.1. The number of ether oxygens (including phenoxy) is 2. The second-order valence-electron chi connectivity index (χ2n) is 15.4. The Morgan fingerprint density at radius 1 is 0.704 bits per heavy atom. The average molecular weight is 750 g/mol. The summed E-state index contributed by atoms with van der Waals surface area (Å²) in [6, 6.07) is 15.3. The van der Waals surface area contributed by atoms with E-state index in [0.29, 0.717) is 70.8 Å². The summed E-state index contributed by atoms with van der Waals surface area (Å²) >= 11 is 0. The SMILES string of the molecule is CC(C)CC[C@H](NC(=O)[C@H](Cc1ccccc1)NC(=O)[C@H](CC(C)C)NC(=O)[C@H](CCc1ccccc1)NC(=O)CCCCOCCN)C(=O)[C@@]1(C)CO1. The Morgan fingerprint density at radius 2 is 1.28 bits per heavy atom. The molecule has 0 saturated carbocycles. The molecule has 5 atom stereocenters. The number of nitrogens with one attached hydrogen (secondary N) is 4. The second-order valence-corrected chi connectivity index (χ2v) is 15.4. The summed E-state index contributed by atoms with van der Waals surface area (Å²) in [7, 11) is 0. The first-order valence-corrected chi connectivity index (χ1v) is 19.6. The Bertz CT molecular complexity index is 1470. The summed E-state index contributed by atoms with van der Waals surface area (Å²) in [5.74, 6) is -1.62. The van der Waals surface area contributed by atoms with Gasteiger partial charge in [0, 0.05) is 26.0 Å². The fourth-order valence-corrected chi connectivity index (χ4v) is 6.13. The number of carbonyl (C=O) groups excluding carboxylic acids is 5. The zero-order valence-electron chi connectivity index (χ0n) is 32.9. The van der Waals surface area contributed by atoms with Crippen molar-refractivity contribution in [3.05, 3.63) is 71.8 Å². The molecular weight excluding hydrogens is 686 g/mol. The van der Waals surface area contributed by atoms with E-state index in [1.54, 1.807) is 6.92 Å². The van der Waals surface area contributed by atoms with Crippen LogP contribution in [0.25, 0.3) is 0 Å². The van der Waals surface area contributed by atoms with Crippen LogP contribution in [0.5, 0.6) is 0 Å². The summed E-state index contributed by atoms with van der Waals surface area (Å²) in [5.41, 5.74) is 6.38. The largest absolute Gasteiger partial charge is 0.380 e. The zero-order valence-corrected chi connectivity index (χ0v) is 32.9. The molecule has 12 nitrogen and oxygen atoms in total. The average Bonchev–Trinajstić information content (AvgIpc) is 3.90. The van der Waals surface area contributed by atoms with Gasteiger partial charge in [0.1, 0.15) is 23.7 Å². The highest BCUT2D eigenvalue weighted by atomic mass is 16.6. The van der Waals surface area contributed by atoms with E-state index in [9.17, 15) is 24.0 Å². The number of unbranched alkanes of at least 4 members (excludes halogenated alkanes) is 1. The molecule has 6 N–H and O–H groups in total. The van der Waals surface area contributed by atoms with E-state index in [0.717, 1.165) is 17.5 Å². The van der Waals surface area contributed by atoms with Crippen LogP contribution in [0.1, 0.15) is 90.7 Å². The van der Waals surface area contributed by atoms with Crippen LogP contribution in [-0.4, -0.2) is 85.5 Å². The molecule has 0 aromatic heterocycles. The summed E-state index contributed by atoms with van der Waals surface area (Å²) < 4.78 is 10.8. The Labute approximate surface area is 321 Å². The lowest BCUT2D eigenvalue weighted by Crippen LogP contribution is -2.59. The van der Waals surface area contributed by atoms with Gasteiger partial charge >= 0.3 is 0 Å². The number of hydrogen-bond acceptors (Lipinski definition) is 8. The molecule has 1 saturated heterocycles. The van der Waals surface area contributed by atoms with Crippen LogP contribution in [0.4, 0.5) is 0 Å². The molecule has 12 heteroatoms. The number of epoxide rings is 1. The van der Waals surface area contributed by atoms with Gasteiger partial charge in [-0.05, 0) is 74.8 Å². The fraction of sp³-hybridized carbons (Fsp3) is 0.595. The maximum atomic E-state index is 14.1. The number of ketones is 1. The lowest BCUT2D eigenvalue weighted by atomic mass is 9.93. The quantitative estimate of drug-likeness (QED) is 0.0712. The highest BCUT2D eigenvalue weighted by Crippen LogP contribution is 2.29. The van der Waals surface area contributed by atoms with Gasteiger partial charge in [0.15, 0.2) is 5.78 Å². The summed E-state index contributed by atoms with van der Waals surface area (Å²) in [6.07, 6.45) is 3.98. The van der Waals surface area contributed by atoms with Crippen molar-refractivity contribution in [1.82, 2.24) is 21.3 Å². The van der Waals surface area contributed by atoms with Crippen molar-refractivity contribution in [2.24, 2.45) is 17.6 Å². The fourth-order valence-electron chi connectivity index (χ4n) is 6.13. The predicted octanol–water partition coefficient (Wildman–Crippen LogP) is 3.79. The van der Waals surface area contributed by atoms with Crippen LogP contribution < -0.4 is 27.0 Å². The third-order valence-electron chi connectivity index (χ3n) is 9.44. The molecule has 0 aliphatic carbocycles. The number of aryl methyl sites for hydroxylation is 1. The first kappa shape index (κ1) is 44.3. The van der Waals surface area contributed by atoms with Crippen molar-refractivity contribution in [2.75, 3.05) is 26.4 Å². The molecule has 298 valence electrons. The lowest BCUT2D eigenvalue weighted by Gasteiger charge is -2.28. The van der Waals surface area contributed by atoms with Crippen LogP contribution >= 0.6 is 0 Å². The molecule has 1 aliphatic rings. The topological polar surface area (TPSA) is 181 Å². The standard InChI is InChI=1S/C42H63N5O7/c1-29(2)19-21-33(38(49)42(5)28-54-42)45-41(52)36(27-32-16-10-7-11-17-32)47-40(51)35(26-30(3)4)46-39(50)34(22-20-31-14-8-6-9-15-31)44-37(48)18-12-13-24-53-25-23-43/h6-11,14-17,29-30,33-36H,12-13,18-28,43H2,1-5H3,(H,44,48)(H,45,52)(H,46,50)(H,47,51)/t33-,34-,35-,36-,42+/m0/s1. The molecule has 0 radical (unpaired) electrons. The molecule has 2 aromatic rings. The number of nitrogens with two attached hydrogens (primary N) is 1. The summed E-state index contributed by atoms with van der Waals surface area (Å²) in [4.78, 5) is 68.5. The Balaban J connectivity index is 1.78. The molecule has 4 amide bonds. The van der Waals surface area contributed by atoms with E-state index in [4.69, 9.17) is 15.2 Å². The first-order chi connectivity index (χ1) is 25.8. The van der Waals surface area contributed by atoms with Gasteiger partial charge in [-0.1, -0.05) is 88.4 Å². The van der Waals surface area contributed by atoms with E-state index < -0.39 is 47.5 Å². The smallest absolute Gasteiger partial charge is 0.243 e. The van der Waals surface area contributed by atoms with Gasteiger partial charge < -0.3 is 36.5 Å². The van der Waals surface area contributed by atoms with Gasteiger partial charge in [-0.25, -0.2) is 0 Å². The number of rotatable bonds is 26. The molecule has 1 aliphatic heterocycles. The van der Waals surface area contributed by atoms with E-state index in [2.05, 4.69) is 35.1 Å². The van der Waals surface area contributed by atoms with Gasteiger partial charge in [0.2, 0.25) is 23.6 Å². The monoisotopic (exact) mass is 749 g/mol.